The van der Waals surface area contributed by atoms with Crippen LogP contribution in [0.5, 0.6) is 0 Å². The lowest BCUT2D eigenvalue weighted by molar-refractivity contribution is -0.121. The van der Waals surface area contributed by atoms with Crippen molar-refractivity contribution in [1.82, 2.24) is 5.32 Å². The van der Waals surface area contributed by atoms with Crippen LogP contribution in [0.1, 0.15) is 70.4 Å². The van der Waals surface area contributed by atoms with E-state index in [4.69, 9.17) is 5.73 Å². The molecule has 0 radical (unpaired) electrons. The van der Waals surface area contributed by atoms with Crippen LogP contribution in [0, 0.1) is 0 Å². The summed E-state index contributed by atoms with van der Waals surface area (Å²) in [6, 6.07) is 8.32. The van der Waals surface area contributed by atoms with Crippen LogP contribution in [0.15, 0.2) is 24.3 Å². The van der Waals surface area contributed by atoms with Crippen molar-refractivity contribution in [3.05, 3.63) is 35.4 Å². The standard InChI is InChI=1S/C19H32N2O.ClH/c1-4-5-6-7-14-18(22)21-15-10-12-16-11-8-9-13-17(16)19(2,3)20;/h8-9,11,13H,4-7,10,12,14-15,20H2,1-3H3,(H,21,22);1H. The number of benzene rings is 1. The summed E-state index contributed by atoms with van der Waals surface area (Å²) in [4.78, 5) is 11.7. The molecule has 1 aromatic carbocycles. The summed E-state index contributed by atoms with van der Waals surface area (Å²) in [6.45, 7) is 6.99. The molecule has 0 heterocycles. The quantitative estimate of drug-likeness (QED) is 0.623. The molecule has 1 amide bonds. The average molecular weight is 341 g/mol. The fraction of sp³-hybridized carbons (Fsp3) is 0.632. The van der Waals surface area contributed by atoms with E-state index in [9.17, 15) is 4.79 Å². The number of nitrogens with one attached hydrogen (secondary N) is 1. The predicted octanol–water partition coefficient (Wildman–Crippen LogP) is 4.32. The van der Waals surface area contributed by atoms with Crippen molar-refractivity contribution in [2.75, 3.05) is 6.54 Å². The van der Waals surface area contributed by atoms with E-state index in [2.05, 4.69) is 30.4 Å². The van der Waals surface area contributed by atoms with Crippen molar-refractivity contribution >= 4 is 18.3 Å². The number of unbranched alkanes of at least 4 members (excludes halogenated alkanes) is 3. The Bertz CT molecular complexity index is 455. The second-order valence-electron chi connectivity index (χ2n) is 6.64. The van der Waals surface area contributed by atoms with Gasteiger partial charge in [0.15, 0.2) is 0 Å². The van der Waals surface area contributed by atoms with Crippen LogP contribution in [0.25, 0.3) is 0 Å². The van der Waals surface area contributed by atoms with Crippen molar-refractivity contribution in [3.63, 3.8) is 0 Å². The summed E-state index contributed by atoms with van der Waals surface area (Å²) in [6.07, 6.45) is 7.15. The topological polar surface area (TPSA) is 55.1 Å². The van der Waals surface area contributed by atoms with Crippen LogP contribution in [-0.4, -0.2) is 12.5 Å². The maximum atomic E-state index is 11.7. The summed E-state index contributed by atoms with van der Waals surface area (Å²) >= 11 is 0. The molecule has 0 aromatic heterocycles. The molecule has 0 aliphatic carbocycles. The molecule has 0 atom stereocenters. The number of rotatable bonds is 10. The van der Waals surface area contributed by atoms with Gasteiger partial charge in [0.1, 0.15) is 0 Å². The minimum atomic E-state index is -0.320. The Labute approximate surface area is 147 Å². The van der Waals surface area contributed by atoms with Gasteiger partial charge in [-0.05, 0) is 44.2 Å². The molecule has 23 heavy (non-hydrogen) atoms. The van der Waals surface area contributed by atoms with Gasteiger partial charge in [-0.25, -0.2) is 0 Å². The molecule has 0 saturated heterocycles. The third-order valence-corrected chi connectivity index (χ3v) is 3.91. The molecule has 0 spiro atoms. The monoisotopic (exact) mass is 340 g/mol. The number of aryl methyl sites for hydroxylation is 1. The largest absolute Gasteiger partial charge is 0.356 e. The van der Waals surface area contributed by atoms with Gasteiger partial charge in [-0.1, -0.05) is 50.5 Å². The zero-order valence-electron chi connectivity index (χ0n) is 14.9. The summed E-state index contributed by atoms with van der Waals surface area (Å²) < 4.78 is 0. The molecule has 3 nitrogen and oxygen atoms in total. The van der Waals surface area contributed by atoms with Gasteiger partial charge in [0, 0.05) is 18.5 Å². The number of nitrogens with two attached hydrogens (primary N) is 1. The van der Waals surface area contributed by atoms with Crippen LogP contribution >= 0.6 is 12.4 Å². The number of carbonyl (C=O) groups is 1. The van der Waals surface area contributed by atoms with Gasteiger partial charge < -0.3 is 11.1 Å². The van der Waals surface area contributed by atoms with Gasteiger partial charge >= 0.3 is 0 Å². The van der Waals surface area contributed by atoms with Crippen LogP contribution in [0.3, 0.4) is 0 Å². The highest BCUT2D eigenvalue weighted by Gasteiger charge is 2.17. The number of hydrogen-bond acceptors (Lipinski definition) is 2. The number of carbonyl (C=O) groups excluding carboxylic acids is 1. The molecular weight excluding hydrogens is 308 g/mol. The van der Waals surface area contributed by atoms with E-state index >= 15 is 0 Å². The van der Waals surface area contributed by atoms with Gasteiger partial charge in [0.25, 0.3) is 0 Å². The molecule has 1 aromatic rings. The SMILES string of the molecule is CCCCCCC(=O)NCCCc1ccccc1C(C)(C)N.Cl. The molecule has 0 bridgehead atoms. The zero-order valence-corrected chi connectivity index (χ0v) is 15.7. The van der Waals surface area contributed by atoms with Gasteiger partial charge in [-0.3, -0.25) is 4.79 Å². The summed E-state index contributed by atoms with van der Waals surface area (Å²) in [7, 11) is 0. The summed E-state index contributed by atoms with van der Waals surface area (Å²) in [5, 5.41) is 3.02. The highest BCUT2D eigenvalue weighted by atomic mass is 35.5. The van der Waals surface area contributed by atoms with E-state index in [0.29, 0.717) is 6.42 Å². The van der Waals surface area contributed by atoms with Crippen molar-refractivity contribution < 1.29 is 4.79 Å². The van der Waals surface area contributed by atoms with Crippen molar-refractivity contribution in [1.29, 1.82) is 0 Å². The number of halogens is 1. The lowest BCUT2D eigenvalue weighted by Crippen LogP contribution is -2.30. The van der Waals surface area contributed by atoms with E-state index in [1.54, 1.807) is 0 Å². The second-order valence-corrected chi connectivity index (χ2v) is 6.64. The lowest BCUT2D eigenvalue weighted by Gasteiger charge is -2.23. The third kappa shape index (κ3) is 8.97. The molecule has 0 saturated carbocycles. The smallest absolute Gasteiger partial charge is 0.219 e. The Morgan fingerprint density at radius 3 is 2.48 bits per heavy atom. The Morgan fingerprint density at radius 2 is 1.83 bits per heavy atom. The minimum Gasteiger partial charge on any atom is -0.356 e. The van der Waals surface area contributed by atoms with Gasteiger partial charge in [0.05, 0.1) is 0 Å². The Hall–Kier alpha value is -1.06. The predicted molar refractivity (Wildman–Crippen MR) is 101 cm³/mol. The first kappa shape index (κ1) is 21.9. The van der Waals surface area contributed by atoms with Crippen LogP contribution in [0.4, 0.5) is 0 Å². The molecule has 0 aliphatic rings. The Kier molecular flexibility index (Phi) is 10.9. The number of amides is 1. The highest BCUT2D eigenvalue weighted by Crippen LogP contribution is 2.22. The first-order chi connectivity index (χ1) is 10.4. The van der Waals surface area contributed by atoms with E-state index in [0.717, 1.165) is 32.2 Å². The molecule has 0 aliphatic heterocycles. The van der Waals surface area contributed by atoms with Crippen LogP contribution in [-0.2, 0) is 16.8 Å². The first-order valence-electron chi connectivity index (χ1n) is 8.59. The zero-order chi connectivity index (χ0) is 16.4. The van der Waals surface area contributed by atoms with E-state index in [1.807, 2.05) is 19.9 Å². The summed E-state index contributed by atoms with van der Waals surface area (Å²) in [5.74, 6) is 0.184. The third-order valence-electron chi connectivity index (χ3n) is 3.91. The summed E-state index contributed by atoms with van der Waals surface area (Å²) in [5.41, 5.74) is 8.38. The second kappa shape index (κ2) is 11.5. The molecule has 3 N–H and O–H groups in total. The Balaban J connectivity index is 0.00000484. The van der Waals surface area contributed by atoms with Crippen molar-refractivity contribution in [2.45, 2.75) is 71.3 Å². The maximum absolute atomic E-state index is 11.7. The van der Waals surface area contributed by atoms with Crippen molar-refractivity contribution in [3.8, 4) is 0 Å². The lowest BCUT2D eigenvalue weighted by atomic mass is 9.89. The molecule has 0 unspecified atom stereocenters. The average Bonchev–Trinajstić information content (AvgIpc) is 2.47. The molecular formula is C19H33ClN2O. The minimum absolute atomic E-state index is 0. The van der Waals surface area contributed by atoms with Crippen molar-refractivity contribution in [2.24, 2.45) is 5.73 Å². The van der Waals surface area contributed by atoms with E-state index in [-0.39, 0.29) is 23.9 Å². The highest BCUT2D eigenvalue weighted by molar-refractivity contribution is 5.85. The molecule has 0 fully saturated rings. The molecule has 4 heteroatoms. The van der Waals surface area contributed by atoms with Crippen LogP contribution < -0.4 is 11.1 Å². The fourth-order valence-electron chi connectivity index (χ4n) is 2.67. The normalized spacial score (nSPS) is 11.0. The van der Waals surface area contributed by atoms with E-state index < -0.39 is 0 Å². The molecule has 132 valence electrons. The van der Waals surface area contributed by atoms with Gasteiger partial charge in [0.2, 0.25) is 5.91 Å². The van der Waals surface area contributed by atoms with E-state index in [1.165, 1.54) is 24.0 Å². The number of hydrogen-bond donors (Lipinski definition) is 2. The maximum Gasteiger partial charge on any atom is 0.219 e. The molecule has 1 rings (SSSR count). The van der Waals surface area contributed by atoms with Gasteiger partial charge in [-0.15, -0.1) is 12.4 Å². The van der Waals surface area contributed by atoms with Crippen LogP contribution in [0.2, 0.25) is 0 Å². The Morgan fingerprint density at radius 1 is 1.13 bits per heavy atom. The first-order valence-corrected chi connectivity index (χ1v) is 8.59. The van der Waals surface area contributed by atoms with Gasteiger partial charge in [-0.2, -0.15) is 0 Å². The fourth-order valence-corrected chi connectivity index (χ4v) is 2.67.